The molecule has 3 aromatic rings. The van der Waals surface area contributed by atoms with Gasteiger partial charge in [0, 0.05) is 11.5 Å². The third-order valence-corrected chi connectivity index (χ3v) is 2.96. The fourth-order valence-electron chi connectivity index (χ4n) is 1.99. The van der Waals surface area contributed by atoms with E-state index < -0.39 is 0 Å². The minimum atomic E-state index is -0.166. The van der Waals surface area contributed by atoms with Crippen LogP contribution in [0.15, 0.2) is 59.4 Å². The second-order valence-corrected chi connectivity index (χ2v) is 4.46. The molecule has 0 unspecified atom stereocenters. The SMILES string of the molecule is Cc1ccc(Oc2cc(=O)[nH]c3ccccc23)cc1. The van der Waals surface area contributed by atoms with Crippen LogP contribution in [-0.4, -0.2) is 4.98 Å². The van der Waals surface area contributed by atoms with Crippen molar-refractivity contribution in [3.63, 3.8) is 0 Å². The van der Waals surface area contributed by atoms with Crippen LogP contribution in [0, 0.1) is 6.92 Å². The van der Waals surface area contributed by atoms with Crippen molar-refractivity contribution in [2.24, 2.45) is 0 Å². The van der Waals surface area contributed by atoms with E-state index in [0.717, 1.165) is 16.7 Å². The number of fused-ring (bicyclic) bond motifs is 1. The molecular formula is C16H13NO2. The molecule has 1 N–H and O–H groups in total. The Hall–Kier alpha value is -2.55. The molecule has 3 heteroatoms. The largest absolute Gasteiger partial charge is 0.456 e. The molecular weight excluding hydrogens is 238 g/mol. The first-order valence-electron chi connectivity index (χ1n) is 6.09. The third kappa shape index (κ3) is 2.36. The highest BCUT2D eigenvalue weighted by Gasteiger charge is 2.05. The van der Waals surface area contributed by atoms with Crippen LogP contribution in [0.2, 0.25) is 0 Å². The van der Waals surface area contributed by atoms with Gasteiger partial charge >= 0.3 is 0 Å². The Labute approximate surface area is 110 Å². The van der Waals surface area contributed by atoms with Crippen molar-refractivity contribution in [3.05, 3.63) is 70.5 Å². The maximum Gasteiger partial charge on any atom is 0.252 e. The second kappa shape index (κ2) is 4.61. The summed E-state index contributed by atoms with van der Waals surface area (Å²) >= 11 is 0. The van der Waals surface area contributed by atoms with Gasteiger partial charge in [0.15, 0.2) is 0 Å². The number of hydrogen-bond donors (Lipinski definition) is 1. The van der Waals surface area contributed by atoms with Gasteiger partial charge in [0.1, 0.15) is 11.5 Å². The average Bonchev–Trinajstić information content (AvgIpc) is 2.41. The molecule has 1 aromatic heterocycles. The summed E-state index contributed by atoms with van der Waals surface area (Å²) in [5.74, 6) is 1.30. The van der Waals surface area contributed by atoms with Crippen LogP contribution in [-0.2, 0) is 0 Å². The van der Waals surface area contributed by atoms with Crippen molar-refractivity contribution in [2.45, 2.75) is 6.92 Å². The predicted octanol–water partition coefficient (Wildman–Crippen LogP) is 3.63. The van der Waals surface area contributed by atoms with Crippen molar-refractivity contribution < 1.29 is 4.74 Å². The Morgan fingerprint density at radius 1 is 1.00 bits per heavy atom. The number of aryl methyl sites for hydroxylation is 1. The Bertz CT molecular complexity index is 773. The number of aromatic amines is 1. The lowest BCUT2D eigenvalue weighted by Gasteiger charge is -2.08. The fourth-order valence-corrected chi connectivity index (χ4v) is 1.99. The maximum absolute atomic E-state index is 11.6. The molecule has 0 aliphatic carbocycles. The van der Waals surface area contributed by atoms with Crippen molar-refractivity contribution in [3.8, 4) is 11.5 Å². The quantitative estimate of drug-likeness (QED) is 0.755. The van der Waals surface area contributed by atoms with Crippen LogP contribution in [0.5, 0.6) is 11.5 Å². The van der Waals surface area contributed by atoms with Gasteiger partial charge in [-0.2, -0.15) is 0 Å². The summed E-state index contributed by atoms with van der Waals surface area (Å²) in [6.45, 7) is 2.02. The highest BCUT2D eigenvalue weighted by atomic mass is 16.5. The molecule has 19 heavy (non-hydrogen) atoms. The Kier molecular flexibility index (Phi) is 2.80. The second-order valence-electron chi connectivity index (χ2n) is 4.46. The normalized spacial score (nSPS) is 10.6. The van der Waals surface area contributed by atoms with Gasteiger partial charge in [-0.05, 0) is 31.2 Å². The third-order valence-electron chi connectivity index (χ3n) is 2.96. The van der Waals surface area contributed by atoms with E-state index in [4.69, 9.17) is 4.74 Å². The number of benzene rings is 2. The summed E-state index contributed by atoms with van der Waals surface area (Å²) in [6, 6.07) is 16.8. The zero-order valence-corrected chi connectivity index (χ0v) is 10.5. The molecule has 1 heterocycles. The average molecular weight is 251 g/mol. The lowest BCUT2D eigenvalue weighted by atomic mass is 10.2. The molecule has 0 fully saturated rings. The van der Waals surface area contributed by atoms with E-state index in [9.17, 15) is 4.79 Å². The van der Waals surface area contributed by atoms with Crippen LogP contribution in [0.4, 0.5) is 0 Å². The molecule has 2 aromatic carbocycles. The summed E-state index contributed by atoms with van der Waals surface area (Å²) in [5, 5.41) is 0.891. The lowest BCUT2D eigenvalue weighted by molar-refractivity contribution is 0.487. The van der Waals surface area contributed by atoms with Crippen LogP contribution < -0.4 is 10.3 Å². The minimum Gasteiger partial charge on any atom is -0.456 e. The van der Waals surface area contributed by atoms with Crippen LogP contribution in [0.25, 0.3) is 10.9 Å². The zero-order chi connectivity index (χ0) is 13.2. The Morgan fingerprint density at radius 2 is 1.74 bits per heavy atom. The maximum atomic E-state index is 11.6. The molecule has 0 saturated heterocycles. The molecule has 0 aliphatic heterocycles. The number of ether oxygens (including phenoxy) is 1. The number of aromatic nitrogens is 1. The van der Waals surface area contributed by atoms with E-state index in [2.05, 4.69) is 4.98 Å². The Morgan fingerprint density at radius 3 is 2.53 bits per heavy atom. The van der Waals surface area contributed by atoms with E-state index in [-0.39, 0.29) is 5.56 Å². The number of pyridine rings is 1. The van der Waals surface area contributed by atoms with Gasteiger partial charge in [0.2, 0.25) is 0 Å². The van der Waals surface area contributed by atoms with Gasteiger partial charge in [-0.15, -0.1) is 0 Å². The highest BCUT2D eigenvalue weighted by Crippen LogP contribution is 2.27. The number of H-pyrrole nitrogens is 1. The first-order chi connectivity index (χ1) is 9.22. The number of hydrogen-bond acceptors (Lipinski definition) is 2. The molecule has 0 saturated carbocycles. The van der Waals surface area contributed by atoms with E-state index in [0.29, 0.717) is 5.75 Å². The number of rotatable bonds is 2. The van der Waals surface area contributed by atoms with Crippen molar-refractivity contribution in [1.82, 2.24) is 4.98 Å². The molecule has 94 valence electrons. The van der Waals surface area contributed by atoms with Gasteiger partial charge in [-0.3, -0.25) is 4.79 Å². The number of nitrogens with one attached hydrogen (secondary N) is 1. The zero-order valence-electron chi connectivity index (χ0n) is 10.5. The molecule has 0 atom stereocenters. The van der Waals surface area contributed by atoms with E-state index >= 15 is 0 Å². The highest BCUT2D eigenvalue weighted by molar-refractivity contribution is 5.84. The molecule has 3 rings (SSSR count). The standard InChI is InChI=1S/C16H13NO2/c1-11-6-8-12(9-7-11)19-15-10-16(18)17-14-5-3-2-4-13(14)15/h2-10H,1H3,(H,17,18). The van der Waals surface area contributed by atoms with Gasteiger partial charge < -0.3 is 9.72 Å². The summed E-state index contributed by atoms with van der Waals surface area (Å²) in [4.78, 5) is 14.4. The summed E-state index contributed by atoms with van der Waals surface area (Å²) in [5.41, 5.74) is 1.78. The van der Waals surface area contributed by atoms with E-state index in [1.54, 1.807) is 0 Å². The monoisotopic (exact) mass is 251 g/mol. The summed E-state index contributed by atoms with van der Waals surface area (Å²) < 4.78 is 5.81. The van der Waals surface area contributed by atoms with Crippen LogP contribution in [0.3, 0.4) is 0 Å². The minimum absolute atomic E-state index is 0.166. The molecule has 0 bridgehead atoms. The van der Waals surface area contributed by atoms with E-state index in [1.807, 2.05) is 55.5 Å². The molecule has 0 amide bonds. The molecule has 3 nitrogen and oxygen atoms in total. The predicted molar refractivity (Wildman–Crippen MR) is 75.8 cm³/mol. The van der Waals surface area contributed by atoms with Gasteiger partial charge in [-0.1, -0.05) is 29.8 Å². The summed E-state index contributed by atoms with van der Waals surface area (Å²) in [6.07, 6.45) is 0. The van der Waals surface area contributed by atoms with Crippen LogP contribution in [0.1, 0.15) is 5.56 Å². The topological polar surface area (TPSA) is 42.1 Å². The Balaban J connectivity index is 2.09. The first kappa shape index (κ1) is 11.5. The molecule has 0 spiro atoms. The first-order valence-corrected chi connectivity index (χ1v) is 6.09. The van der Waals surface area contributed by atoms with Crippen molar-refractivity contribution in [1.29, 1.82) is 0 Å². The molecule has 0 radical (unpaired) electrons. The summed E-state index contributed by atoms with van der Waals surface area (Å²) in [7, 11) is 0. The molecule has 0 aliphatic rings. The van der Waals surface area contributed by atoms with Gasteiger partial charge in [0.05, 0.1) is 5.52 Å². The number of para-hydroxylation sites is 1. The fraction of sp³-hybridized carbons (Fsp3) is 0.0625. The lowest BCUT2D eigenvalue weighted by Crippen LogP contribution is -2.04. The van der Waals surface area contributed by atoms with Crippen molar-refractivity contribution >= 4 is 10.9 Å². The smallest absolute Gasteiger partial charge is 0.252 e. The van der Waals surface area contributed by atoms with Crippen LogP contribution >= 0.6 is 0 Å². The van der Waals surface area contributed by atoms with Gasteiger partial charge in [0.25, 0.3) is 5.56 Å². The van der Waals surface area contributed by atoms with E-state index in [1.165, 1.54) is 11.6 Å². The van der Waals surface area contributed by atoms with Crippen molar-refractivity contribution in [2.75, 3.05) is 0 Å². The van der Waals surface area contributed by atoms with Gasteiger partial charge in [-0.25, -0.2) is 0 Å².